The maximum Gasteiger partial charge on any atom is 0.127 e. The molecule has 0 rings (SSSR count). The summed E-state index contributed by atoms with van der Waals surface area (Å²) in [6.07, 6.45) is 3.03. The molecule has 0 amide bonds. The van der Waals surface area contributed by atoms with Gasteiger partial charge >= 0.3 is 0 Å². The van der Waals surface area contributed by atoms with Gasteiger partial charge in [-0.1, -0.05) is 20.3 Å². The van der Waals surface area contributed by atoms with E-state index in [1.807, 2.05) is 6.92 Å². The van der Waals surface area contributed by atoms with Crippen LogP contribution in [0.25, 0.3) is 0 Å². The van der Waals surface area contributed by atoms with Crippen molar-refractivity contribution < 1.29 is 14.3 Å². The smallest absolute Gasteiger partial charge is 0.127 e. The zero-order valence-electron chi connectivity index (χ0n) is 12.6. The third-order valence-electron chi connectivity index (χ3n) is 3.28. The van der Waals surface area contributed by atoms with E-state index in [-0.39, 0.29) is 5.41 Å². The molecule has 0 radical (unpaired) electrons. The third-order valence-corrected chi connectivity index (χ3v) is 3.28. The predicted molar refractivity (Wildman–Crippen MR) is 73.9 cm³/mol. The Morgan fingerprint density at radius 2 is 2.00 bits per heavy atom. The summed E-state index contributed by atoms with van der Waals surface area (Å²) in [5.41, 5.74) is -0.273. The Hall–Kier alpha value is -0.450. The van der Waals surface area contributed by atoms with Gasteiger partial charge in [0, 0.05) is 38.8 Å². The van der Waals surface area contributed by atoms with E-state index in [1.165, 1.54) is 0 Å². The van der Waals surface area contributed by atoms with Crippen molar-refractivity contribution in [3.63, 3.8) is 0 Å². The van der Waals surface area contributed by atoms with Crippen LogP contribution in [0.2, 0.25) is 0 Å². The molecule has 0 aliphatic heterocycles. The second-order valence-corrected chi connectivity index (χ2v) is 5.29. The summed E-state index contributed by atoms with van der Waals surface area (Å²) in [4.78, 5) is 13.6. The Kier molecular flexibility index (Phi) is 9.24. The molecule has 2 unspecified atom stereocenters. The van der Waals surface area contributed by atoms with Crippen LogP contribution in [0, 0.1) is 5.41 Å². The van der Waals surface area contributed by atoms with Gasteiger partial charge in [-0.05, 0) is 13.3 Å². The summed E-state index contributed by atoms with van der Waals surface area (Å²) in [7, 11) is 3.40. The van der Waals surface area contributed by atoms with E-state index >= 15 is 0 Å². The molecule has 2 atom stereocenters. The minimum absolute atomic E-state index is 0.273. The lowest BCUT2D eigenvalue weighted by atomic mass is 9.86. The molecule has 0 saturated carbocycles. The molecule has 0 saturated heterocycles. The molecule has 0 aromatic rings. The number of carbonyl (C=O) groups excluding carboxylic acids is 1. The second kappa shape index (κ2) is 9.48. The molecule has 0 aliphatic rings. The van der Waals surface area contributed by atoms with Crippen molar-refractivity contribution in [2.75, 3.05) is 40.5 Å². The fourth-order valence-electron chi connectivity index (χ4n) is 2.22. The molecule has 0 spiro atoms. The molecule has 108 valence electrons. The van der Waals surface area contributed by atoms with Crippen LogP contribution in [-0.4, -0.2) is 57.8 Å². The van der Waals surface area contributed by atoms with Crippen LogP contribution in [0.1, 0.15) is 33.6 Å². The fraction of sp³-hybridized carbons (Fsp3) is 0.929. The van der Waals surface area contributed by atoms with Crippen molar-refractivity contribution in [2.45, 2.75) is 39.7 Å². The Morgan fingerprint density at radius 1 is 1.33 bits per heavy atom. The van der Waals surface area contributed by atoms with Crippen LogP contribution in [0.15, 0.2) is 0 Å². The maximum atomic E-state index is 11.3. The monoisotopic (exact) mass is 259 g/mol. The summed E-state index contributed by atoms with van der Waals surface area (Å²) in [6.45, 7) is 9.20. The summed E-state index contributed by atoms with van der Waals surface area (Å²) in [6, 6.07) is 0.293. The van der Waals surface area contributed by atoms with Crippen molar-refractivity contribution in [2.24, 2.45) is 5.41 Å². The molecule has 4 heteroatoms. The van der Waals surface area contributed by atoms with Gasteiger partial charge in [0.25, 0.3) is 0 Å². The van der Waals surface area contributed by atoms with E-state index in [9.17, 15) is 4.79 Å². The Morgan fingerprint density at radius 3 is 2.44 bits per heavy atom. The molecule has 0 aromatic carbocycles. The molecule has 4 nitrogen and oxygen atoms in total. The number of rotatable bonds is 11. The number of hydrogen-bond donors (Lipinski definition) is 0. The van der Waals surface area contributed by atoms with Crippen LogP contribution in [0.4, 0.5) is 0 Å². The third kappa shape index (κ3) is 6.47. The van der Waals surface area contributed by atoms with E-state index < -0.39 is 0 Å². The first kappa shape index (κ1) is 17.6. The van der Waals surface area contributed by atoms with Gasteiger partial charge in [-0.2, -0.15) is 0 Å². The predicted octanol–water partition coefficient (Wildman–Crippen LogP) is 1.97. The molecular weight excluding hydrogens is 230 g/mol. The minimum atomic E-state index is -0.273. The van der Waals surface area contributed by atoms with Gasteiger partial charge in [-0.3, -0.25) is 4.90 Å². The van der Waals surface area contributed by atoms with Crippen LogP contribution < -0.4 is 0 Å². The van der Waals surface area contributed by atoms with Crippen molar-refractivity contribution in [1.82, 2.24) is 4.90 Å². The van der Waals surface area contributed by atoms with Gasteiger partial charge in [-0.15, -0.1) is 0 Å². The van der Waals surface area contributed by atoms with Gasteiger partial charge in [0.2, 0.25) is 0 Å². The lowest BCUT2D eigenvalue weighted by molar-refractivity contribution is -0.117. The maximum absolute atomic E-state index is 11.3. The molecule has 18 heavy (non-hydrogen) atoms. The average Bonchev–Trinajstić information content (AvgIpc) is 2.35. The summed E-state index contributed by atoms with van der Waals surface area (Å²) < 4.78 is 10.3. The quantitative estimate of drug-likeness (QED) is 0.532. The Balaban J connectivity index is 4.58. The highest BCUT2D eigenvalue weighted by Gasteiger charge is 2.27. The number of ether oxygens (including phenoxy) is 2. The highest BCUT2D eigenvalue weighted by molar-refractivity contribution is 5.59. The van der Waals surface area contributed by atoms with Crippen LogP contribution >= 0.6 is 0 Å². The lowest BCUT2D eigenvalue weighted by Gasteiger charge is -2.35. The van der Waals surface area contributed by atoms with Gasteiger partial charge in [-0.25, -0.2) is 0 Å². The number of aldehydes is 1. The molecule has 0 heterocycles. The topological polar surface area (TPSA) is 38.8 Å². The van der Waals surface area contributed by atoms with Crippen molar-refractivity contribution in [3.8, 4) is 0 Å². The van der Waals surface area contributed by atoms with Gasteiger partial charge in [0.05, 0.1) is 13.2 Å². The SMILES string of the molecule is CCCC(C)(C=O)CN(CCOC)C(C)COC. The van der Waals surface area contributed by atoms with Gasteiger partial charge in [0.15, 0.2) is 0 Å². The summed E-state index contributed by atoms with van der Waals surface area (Å²) >= 11 is 0. The normalized spacial score (nSPS) is 16.6. The number of hydrogen-bond acceptors (Lipinski definition) is 4. The molecule has 0 fully saturated rings. The van der Waals surface area contributed by atoms with Crippen molar-refractivity contribution in [3.05, 3.63) is 0 Å². The molecule has 0 aromatic heterocycles. The first-order valence-electron chi connectivity index (χ1n) is 6.71. The van der Waals surface area contributed by atoms with Gasteiger partial charge in [0.1, 0.15) is 6.29 Å². The van der Waals surface area contributed by atoms with Gasteiger partial charge < -0.3 is 14.3 Å². The lowest BCUT2D eigenvalue weighted by Crippen LogP contribution is -2.45. The van der Waals surface area contributed by atoms with Crippen molar-refractivity contribution in [1.29, 1.82) is 0 Å². The molecule has 0 bridgehead atoms. The first-order chi connectivity index (χ1) is 8.52. The van der Waals surface area contributed by atoms with E-state index in [2.05, 4.69) is 18.7 Å². The second-order valence-electron chi connectivity index (χ2n) is 5.29. The Labute approximate surface area is 112 Å². The summed E-state index contributed by atoms with van der Waals surface area (Å²) in [5.74, 6) is 0. The van der Waals surface area contributed by atoms with E-state index in [4.69, 9.17) is 9.47 Å². The van der Waals surface area contributed by atoms with Crippen molar-refractivity contribution >= 4 is 6.29 Å². The molecule has 0 aliphatic carbocycles. The molecular formula is C14H29NO3. The standard InChI is InChI=1S/C14H29NO3/c1-6-7-14(3,12-16)11-15(8-9-17-4)13(2)10-18-5/h12-13H,6-11H2,1-5H3. The number of nitrogens with zero attached hydrogens (tertiary/aromatic N) is 1. The highest BCUT2D eigenvalue weighted by Crippen LogP contribution is 2.23. The van der Waals surface area contributed by atoms with E-state index in [1.54, 1.807) is 14.2 Å². The Bertz CT molecular complexity index is 223. The summed E-state index contributed by atoms with van der Waals surface area (Å²) in [5, 5.41) is 0. The van der Waals surface area contributed by atoms with E-state index in [0.717, 1.165) is 32.2 Å². The number of carbonyl (C=O) groups is 1. The zero-order valence-corrected chi connectivity index (χ0v) is 12.6. The van der Waals surface area contributed by atoms with Crippen LogP contribution in [0.5, 0.6) is 0 Å². The number of methoxy groups -OCH3 is 2. The average molecular weight is 259 g/mol. The zero-order chi connectivity index (χ0) is 14.0. The van der Waals surface area contributed by atoms with Crippen LogP contribution in [-0.2, 0) is 14.3 Å². The minimum Gasteiger partial charge on any atom is -0.383 e. The van der Waals surface area contributed by atoms with Crippen LogP contribution in [0.3, 0.4) is 0 Å². The fourth-order valence-corrected chi connectivity index (χ4v) is 2.22. The highest BCUT2D eigenvalue weighted by atomic mass is 16.5. The first-order valence-corrected chi connectivity index (χ1v) is 6.71. The largest absolute Gasteiger partial charge is 0.383 e. The van der Waals surface area contributed by atoms with E-state index in [0.29, 0.717) is 19.3 Å². The molecule has 0 N–H and O–H groups in total.